The van der Waals surface area contributed by atoms with Gasteiger partial charge in [0.15, 0.2) is 0 Å². The minimum absolute atomic E-state index is 0.260. The number of fused-ring (bicyclic) bond motifs is 3. The summed E-state index contributed by atoms with van der Waals surface area (Å²) in [5.41, 5.74) is 3.24. The molecule has 2 aliphatic rings. The van der Waals surface area contributed by atoms with Crippen molar-refractivity contribution in [2.24, 2.45) is 5.18 Å². The van der Waals surface area contributed by atoms with Gasteiger partial charge in [0.05, 0.1) is 0 Å². The fraction of sp³-hybridized carbons (Fsp3) is 0.222. The Balaban J connectivity index is 1.89. The van der Waals surface area contributed by atoms with Crippen LogP contribution in [0.15, 0.2) is 47.3 Å². The predicted octanol–water partition coefficient (Wildman–Crippen LogP) is 6.21. The Hall–Kier alpha value is -1.71. The molecule has 0 N–H and O–H groups in total. The first-order valence-corrected chi connectivity index (χ1v) is 8.59. The number of thiophene rings is 1. The van der Waals surface area contributed by atoms with Gasteiger partial charge in [0, 0.05) is 25.9 Å². The molecule has 2 aromatic rings. The van der Waals surface area contributed by atoms with E-state index in [1.54, 1.807) is 0 Å². The molecule has 0 radical (unpaired) electrons. The van der Waals surface area contributed by atoms with Gasteiger partial charge in [-0.25, -0.2) is 0 Å². The smallest absolute Gasteiger partial charge is 0.103 e. The zero-order chi connectivity index (χ0) is 15.1. The number of hydrogen-bond donors (Lipinski definition) is 0. The van der Waals surface area contributed by atoms with Crippen molar-refractivity contribution in [1.82, 2.24) is 0 Å². The van der Waals surface area contributed by atoms with E-state index in [2.05, 4.69) is 35.5 Å². The van der Waals surface area contributed by atoms with Gasteiger partial charge in [0.1, 0.15) is 5.70 Å². The van der Waals surface area contributed by atoms with Gasteiger partial charge >= 0.3 is 0 Å². The second kappa shape index (κ2) is 5.49. The molecule has 1 atom stereocenters. The summed E-state index contributed by atoms with van der Waals surface area (Å²) in [5.74, 6) is 0.260. The first-order valence-electron chi connectivity index (χ1n) is 7.39. The second-order valence-electron chi connectivity index (χ2n) is 5.68. The Morgan fingerprint density at radius 2 is 2.18 bits per heavy atom. The number of nitroso groups, excluding NO2 is 1. The van der Waals surface area contributed by atoms with Crippen LogP contribution in [-0.4, -0.2) is 0 Å². The first-order chi connectivity index (χ1) is 10.8. The van der Waals surface area contributed by atoms with Crippen molar-refractivity contribution >= 4 is 39.1 Å². The van der Waals surface area contributed by atoms with Gasteiger partial charge in [-0.3, -0.25) is 0 Å². The van der Waals surface area contributed by atoms with Crippen LogP contribution in [-0.2, 0) is 6.42 Å². The van der Waals surface area contributed by atoms with Crippen LogP contribution < -0.4 is 0 Å². The average molecular weight is 328 g/mol. The van der Waals surface area contributed by atoms with Crippen molar-refractivity contribution in [2.45, 2.75) is 25.2 Å². The van der Waals surface area contributed by atoms with Gasteiger partial charge in [0.25, 0.3) is 0 Å². The number of halogens is 1. The van der Waals surface area contributed by atoms with Gasteiger partial charge in [-0.1, -0.05) is 29.8 Å². The molecule has 1 heterocycles. The Morgan fingerprint density at radius 3 is 2.95 bits per heavy atom. The Bertz CT molecular complexity index is 860. The summed E-state index contributed by atoms with van der Waals surface area (Å²) in [6.07, 6.45) is 13.2. The summed E-state index contributed by atoms with van der Waals surface area (Å²) in [4.78, 5) is 12.0. The third kappa shape index (κ3) is 2.25. The van der Waals surface area contributed by atoms with Crippen molar-refractivity contribution < 1.29 is 0 Å². The predicted molar refractivity (Wildman–Crippen MR) is 94.6 cm³/mol. The summed E-state index contributed by atoms with van der Waals surface area (Å²) in [6, 6.07) is 4.15. The van der Waals surface area contributed by atoms with Crippen LogP contribution in [0.25, 0.3) is 16.2 Å². The Morgan fingerprint density at radius 1 is 1.27 bits per heavy atom. The highest BCUT2D eigenvalue weighted by Gasteiger charge is 2.21. The maximum absolute atomic E-state index is 10.6. The van der Waals surface area contributed by atoms with E-state index < -0.39 is 0 Å². The van der Waals surface area contributed by atoms with E-state index in [0.717, 1.165) is 24.3 Å². The van der Waals surface area contributed by atoms with Crippen LogP contribution in [0.5, 0.6) is 0 Å². The molecule has 0 bridgehead atoms. The number of allylic oxidation sites excluding steroid dienone is 4. The number of aryl methyl sites for hydroxylation is 1. The molecule has 22 heavy (non-hydrogen) atoms. The van der Waals surface area contributed by atoms with Crippen molar-refractivity contribution in [1.29, 1.82) is 0 Å². The molecule has 0 saturated heterocycles. The van der Waals surface area contributed by atoms with Crippen molar-refractivity contribution in [3.8, 4) is 0 Å². The molecular weight excluding hydrogens is 314 g/mol. The van der Waals surface area contributed by atoms with Crippen LogP contribution in [0.1, 0.15) is 34.8 Å². The van der Waals surface area contributed by atoms with Crippen LogP contribution in [0, 0.1) is 4.91 Å². The number of benzene rings is 1. The standard InChI is InChI=1S/C18H14ClNOS/c19-12-9-15(11-5-7-13(20-21)8-6-11)18-14-3-1-2-4-16(14)22-17(18)10-12/h2,4-5,7-11H,1,3,6H2. The van der Waals surface area contributed by atoms with Gasteiger partial charge in [-0.15, -0.1) is 16.2 Å². The molecule has 1 unspecified atom stereocenters. The normalized spacial score (nSPS) is 20.0. The Kier molecular flexibility index (Phi) is 3.47. The number of nitrogens with zero attached hydrogens (tertiary/aromatic N) is 1. The average Bonchev–Trinajstić information content (AvgIpc) is 2.92. The third-order valence-electron chi connectivity index (χ3n) is 4.33. The molecular formula is C18H14ClNOS. The monoisotopic (exact) mass is 327 g/mol. The quantitative estimate of drug-likeness (QED) is 0.603. The lowest BCUT2D eigenvalue weighted by Crippen LogP contribution is -2.00. The number of hydrogen-bond acceptors (Lipinski definition) is 3. The third-order valence-corrected chi connectivity index (χ3v) is 5.69. The highest BCUT2D eigenvalue weighted by atomic mass is 35.5. The summed E-state index contributed by atoms with van der Waals surface area (Å²) in [5, 5.41) is 5.15. The summed E-state index contributed by atoms with van der Waals surface area (Å²) >= 11 is 8.16. The minimum atomic E-state index is 0.260. The van der Waals surface area contributed by atoms with Gasteiger partial charge in [0.2, 0.25) is 0 Å². The first kappa shape index (κ1) is 13.9. The van der Waals surface area contributed by atoms with E-state index in [4.69, 9.17) is 11.6 Å². The maximum Gasteiger partial charge on any atom is 0.103 e. The zero-order valence-electron chi connectivity index (χ0n) is 11.9. The molecule has 0 aliphatic heterocycles. The lowest BCUT2D eigenvalue weighted by Gasteiger charge is -2.18. The van der Waals surface area contributed by atoms with E-state index in [0.29, 0.717) is 5.70 Å². The van der Waals surface area contributed by atoms with E-state index in [9.17, 15) is 4.91 Å². The van der Waals surface area contributed by atoms with Crippen LogP contribution in [0.3, 0.4) is 0 Å². The van der Waals surface area contributed by atoms with Gasteiger partial charge < -0.3 is 0 Å². The maximum atomic E-state index is 10.6. The fourth-order valence-corrected chi connectivity index (χ4v) is 4.86. The molecule has 1 aromatic carbocycles. The number of rotatable bonds is 2. The lowest BCUT2D eigenvalue weighted by atomic mass is 9.87. The van der Waals surface area contributed by atoms with Crippen molar-refractivity contribution in [3.63, 3.8) is 0 Å². The zero-order valence-corrected chi connectivity index (χ0v) is 13.5. The van der Waals surface area contributed by atoms with E-state index in [1.807, 2.05) is 23.5 Å². The highest BCUT2D eigenvalue weighted by Crippen LogP contribution is 2.43. The van der Waals surface area contributed by atoms with Gasteiger partial charge in [-0.05, 0) is 59.9 Å². The molecule has 110 valence electrons. The van der Waals surface area contributed by atoms with E-state index in [1.165, 1.54) is 26.1 Å². The molecule has 4 heteroatoms. The molecule has 0 saturated carbocycles. The minimum Gasteiger partial charge on any atom is -0.145 e. The SMILES string of the molecule is O=NC1=CCC(c2cc(Cl)cc3sc4c(c23)CCC=C4)C=C1. The molecule has 0 fully saturated rings. The molecule has 0 spiro atoms. The van der Waals surface area contributed by atoms with Crippen molar-refractivity contribution in [2.75, 3.05) is 0 Å². The van der Waals surface area contributed by atoms with Gasteiger partial charge in [-0.2, -0.15) is 0 Å². The topological polar surface area (TPSA) is 29.4 Å². The summed E-state index contributed by atoms with van der Waals surface area (Å²) < 4.78 is 1.26. The molecule has 4 rings (SSSR count). The van der Waals surface area contributed by atoms with E-state index in [-0.39, 0.29) is 5.92 Å². The summed E-state index contributed by atoms with van der Waals surface area (Å²) in [7, 11) is 0. The van der Waals surface area contributed by atoms with Crippen LogP contribution in [0.2, 0.25) is 5.02 Å². The van der Waals surface area contributed by atoms with E-state index >= 15 is 0 Å². The van der Waals surface area contributed by atoms with Crippen LogP contribution >= 0.6 is 22.9 Å². The largest absolute Gasteiger partial charge is 0.145 e. The molecule has 2 aliphatic carbocycles. The molecule has 1 aromatic heterocycles. The molecule has 2 nitrogen and oxygen atoms in total. The lowest BCUT2D eigenvalue weighted by molar-refractivity contribution is 0.848. The van der Waals surface area contributed by atoms with Crippen LogP contribution in [0.4, 0.5) is 0 Å². The molecule has 0 amide bonds. The van der Waals surface area contributed by atoms with Crippen molar-refractivity contribution in [3.05, 3.63) is 68.1 Å². The Labute approximate surface area is 137 Å². The highest BCUT2D eigenvalue weighted by molar-refractivity contribution is 7.20. The summed E-state index contributed by atoms with van der Waals surface area (Å²) in [6.45, 7) is 0. The second-order valence-corrected chi connectivity index (χ2v) is 7.20. The fourth-order valence-electron chi connectivity index (χ4n) is 3.31.